The van der Waals surface area contributed by atoms with Crippen molar-refractivity contribution < 1.29 is 4.79 Å². The maximum Gasteiger partial charge on any atom is 0.220 e. The van der Waals surface area contributed by atoms with Gasteiger partial charge in [0.05, 0.1) is 0 Å². The van der Waals surface area contributed by atoms with Gasteiger partial charge in [0.25, 0.3) is 0 Å². The quantitative estimate of drug-likeness (QED) is 0.759. The van der Waals surface area contributed by atoms with Gasteiger partial charge in [-0.2, -0.15) is 0 Å². The average molecular weight is 270 g/mol. The fourth-order valence-electron chi connectivity index (χ4n) is 2.36. The zero-order valence-electron chi connectivity index (χ0n) is 12.0. The maximum atomic E-state index is 11.6. The van der Waals surface area contributed by atoms with E-state index in [9.17, 15) is 4.79 Å². The van der Waals surface area contributed by atoms with Gasteiger partial charge in [0.15, 0.2) is 0 Å². The van der Waals surface area contributed by atoms with Gasteiger partial charge in [-0.25, -0.2) is 0 Å². The van der Waals surface area contributed by atoms with Gasteiger partial charge in [-0.05, 0) is 42.8 Å². The summed E-state index contributed by atoms with van der Waals surface area (Å²) in [4.78, 5) is 11.6. The molecule has 0 saturated heterocycles. The highest BCUT2D eigenvalue weighted by molar-refractivity contribution is 5.85. The van der Waals surface area contributed by atoms with Crippen LogP contribution in [0.4, 0.5) is 0 Å². The molecule has 3 heteroatoms. The van der Waals surface area contributed by atoms with Crippen LogP contribution in [-0.2, 0) is 11.2 Å². The van der Waals surface area contributed by atoms with Crippen LogP contribution in [0.15, 0.2) is 42.5 Å². The first-order valence-electron chi connectivity index (χ1n) is 7.19. The number of nitrogens with one attached hydrogen (secondary N) is 2. The minimum absolute atomic E-state index is 0.139. The van der Waals surface area contributed by atoms with E-state index in [2.05, 4.69) is 53.1 Å². The molecule has 0 radical (unpaired) electrons. The summed E-state index contributed by atoms with van der Waals surface area (Å²) >= 11 is 0. The molecule has 0 aliphatic heterocycles. The molecule has 106 valence electrons. The van der Waals surface area contributed by atoms with Crippen LogP contribution in [-0.4, -0.2) is 26.0 Å². The van der Waals surface area contributed by atoms with Gasteiger partial charge in [-0.1, -0.05) is 42.5 Å². The molecule has 1 amide bonds. The van der Waals surface area contributed by atoms with Crippen LogP contribution in [0, 0.1) is 0 Å². The summed E-state index contributed by atoms with van der Waals surface area (Å²) < 4.78 is 0. The Morgan fingerprint density at radius 2 is 1.85 bits per heavy atom. The van der Waals surface area contributed by atoms with Crippen LogP contribution in [0.25, 0.3) is 10.8 Å². The van der Waals surface area contributed by atoms with E-state index in [1.807, 2.05) is 7.05 Å². The van der Waals surface area contributed by atoms with E-state index in [4.69, 9.17) is 0 Å². The van der Waals surface area contributed by atoms with Gasteiger partial charge < -0.3 is 10.6 Å². The third-order valence-corrected chi connectivity index (χ3v) is 3.43. The standard InChI is InChI=1S/C17H22N2O/c1-18-12-5-10-17(20)19-13-11-15-8-4-7-14-6-2-3-9-16(14)15/h2-4,6-9,18H,5,10-13H2,1H3,(H,19,20). The van der Waals surface area contributed by atoms with Crippen LogP contribution in [0.2, 0.25) is 0 Å². The van der Waals surface area contributed by atoms with Crippen LogP contribution >= 0.6 is 0 Å². The van der Waals surface area contributed by atoms with Crippen molar-refractivity contribution in [3.05, 3.63) is 48.0 Å². The molecular weight excluding hydrogens is 248 g/mol. The van der Waals surface area contributed by atoms with Crippen LogP contribution < -0.4 is 10.6 Å². The summed E-state index contributed by atoms with van der Waals surface area (Å²) in [6.45, 7) is 1.59. The zero-order chi connectivity index (χ0) is 14.2. The lowest BCUT2D eigenvalue weighted by atomic mass is 10.0. The van der Waals surface area contributed by atoms with E-state index >= 15 is 0 Å². The summed E-state index contributed by atoms with van der Waals surface area (Å²) in [7, 11) is 1.90. The summed E-state index contributed by atoms with van der Waals surface area (Å²) in [6.07, 6.45) is 2.35. The highest BCUT2D eigenvalue weighted by Gasteiger charge is 2.02. The van der Waals surface area contributed by atoms with Crippen LogP contribution in [0.5, 0.6) is 0 Å². The molecule has 0 atom stereocenters. The SMILES string of the molecule is CNCCCC(=O)NCCc1cccc2ccccc12. The number of carbonyl (C=O) groups is 1. The predicted molar refractivity (Wildman–Crippen MR) is 83.8 cm³/mol. The van der Waals surface area contributed by atoms with Crippen molar-refractivity contribution in [3.63, 3.8) is 0 Å². The Hall–Kier alpha value is -1.87. The molecule has 0 heterocycles. The van der Waals surface area contributed by atoms with E-state index in [0.717, 1.165) is 19.4 Å². The third kappa shape index (κ3) is 4.07. The van der Waals surface area contributed by atoms with E-state index in [1.54, 1.807) is 0 Å². The lowest BCUT2D eigenvalue weighted by Crippen LogP contribution is -2.26. The number of hydrogen-bond donors (Lipinski definition) is 2. The van der Waals surface area contributed by atoms with Gasteiger partial charge in [0.1, 0.15) is 0 Å². The van der Waals surface area contributed by atoms with Crippen molar-refractivity contribution >= 4 is 16.7 Å². The zero-order valence-corrected chi connectivity index (χ0v) is 12.0. The second kappa shape index (κ2) is 7.65. The highest BCUT2D eigenvalue weighted by atomic mass is 16.1. The number of amides is 1. The van der Waals surface area contributed by atoms with Crippen LogP contribution in [0.3, 0.4) is 0 Å². The fourth-order valence-corrected chi connectivity index (χ4v) is 2.36. The van der Waals surface area contributed by atoms with E-state index in [1.165, 1.54) is 16.3 Å². The highest BCUT2D eigenvalue weighted by Crippen LogP contribution is 2.18. The first kappa shape index (κ1) is 14.5. The smallest absolute Gasteiger partial charge is 0.220 e. The van der Waals surface area contributed by atoms with Gasteiger partial charge >= 0.3 is 0 Å². The molecule has 2 N–H and O–H groups in total. The van der Waals surface area contributed by atoms with Gasteiger partial charge in [-0.3, -0.25) is 4.79 Å². The summed E-state index contributed by atoms with van der Waals surface area (Å²) in [5, 5.41) is 8.57. The molecule has 3 nitrogen and oxygen atoms in total. The molecule has 0 saturated carbocycles. The largest absolute Gasteiger partial charge is 0.356 e. The van der Waals surface area contributed by atoms with Crippen molar-refractivity contribution in [1.82, 2.24) is 10.6 Å². The summed E-state index contributed by atoms with van der Waals surface area (Å²) in [6, 6.07) is 14.7. The molecular formula is C17H22N2O. The Balaban J connectivity index is 1.85. The Labute approximate surface area is 120 Å². The maximum absolute atomic E-state index is 11.6. The lowest BCUT2D eigenvalue weighted by Gasteiger charge is -2.08. The molecule has 2 aromatic rings. The number of fused-ring (bicyclic) bond motifs is 1. The first-order valence-corrected chi connectivity index (χ1v) is 7.19. The number of benzene rings is 2. The number of rotatable bonds is 7. The Kier molecular flexibility index (Phi) is 5.56. The Bertz CT molecular complexity index is 560. The normalized spacial score (nSPS) is 10.7. The third-order valence-electron chi connectivity index (χ3n) is 3.43. The van der Waals surface area contributed by atoms with Crippen molar-refractivity contribution in [3.8, 4) is 0 Å². The van der Waals surface area contributed by atoms with Crippen molar-refractivity contribution in [2.75, 3.05) is 20.1 Å². The van der Waals surface area contributed by atoms with E-state index in [0.29, 0.717) is 13.0 Å². The molecule has 2 rings (SSSR count). The summed E-state index contributed by atoms with van der Waals surface area (Å²) in [5.41, 5.74) is 1.29. The molecule has 20 heavy (non-hydrogen) atoms. The molecule has 0 aliphatic carbocycles. The Morgan fingerprint density at radius 1 is 1.05 bits per heavy atom. The topological polar surface area (TPSA) is 41.1 Å². The second-order valence-electron chi connectivity index (χ2n) is 4.95. The molecule has 2 aromatic carbocycles. The summed E-state index contributed by atoms with van der Waals surface area (Å²) in [5.74, 6) is 0.139. The molecule has 0 unspecified atom stereocenters. The van der Waals surface area contributed by atoms with E-state index < -0.39 is 0 Å². The predicted octanol–water partition coefficient (Wildman–Crippen LogP) is 2.50. The fraction of sp³-hybridized carbons (Fsp3) is 0.353. The van der Waals surface area contributed by atoms with Gasteiger partial charge in [-0.15, -0.1) is 0 Å². The second-order valence-corrected chi connectivity index (χ2v) is 4.95. The van der Waals surface area contributed by atoms with Crippen molar-refractivity contribution in [1.29, 1.82) is 0 Å². The minimum atomic E-state index is 0.139. The molecule has 0 aromatic heterocycles. The van der Waals surface area contributed by atoms with Crippen molar-refractivity contribution in [2.45, 2.75) is 19.3 Å². The van der Waals surface area contributed by atoms with Crippen molar-refractivity contribution in [2.24, 2.45) is 0 Å². The minimum Gasteiger partial charge on any atom is -0.356 e. The van der Waals surface area contributed by atoms with Crippen LogP contribution in [0.1, 0.15) is 18.4 Å². The molecule has 0 bridgehead atoms. The number of hydrogen-bond acceptors (Lipinski definition) is 2. The molecule has 0 spiro atoms. The number of carbonyl (C=O) groups excluding carboxylic acids is 1. The molecule has 0 fully saturated rings. The van der Waals surface area contributed by atoms with Gasteiger partial charge in [0, 0.05) is 13.0 Å². The monoisotopic (exact) mass is 270 g/mol. The lowest BCUT2D eigenvalue weighted by molar-refractivity contribution is -0.121. The molecule has 0 aliphatic rings. The van der Waals surface area contributed by atoms with Gasteiger partial charge in [0.2, 0.25) is 5.91 Å². The Morgan fingerprint density at radius 3 is 2.70 bits per heavy atom. The first-order chi connectivity index (χ1) is 9.81. The average Bonchev–Trinajstić information content (AvgIpc) is 2.48. The van der Waals surface area contributed by atoms with E-state index in [-0.39, 0.29) is 5.91 Å².